The first kappa shape index (κ1) is 21.5. The molecule has 26 heavy (non-hydrogen) atoms. The van der Waals surface area contributed by atoms with E-state index in [-0.39, 0.29) is 31.2 Å². The highest BCUT2D eigenvalue weighted by molar-refractivity contribution is 5.81. The number of hydrogen-bond acceptors (Lipinski definition) is 5. The maximum Gasteiger partial charge on any atom is 0.344 e. The number of methoxy groups -OCH3 is 1. The quantitative estimate of drug-likeness (QED) is 0.630. The summed E-state index contributed by atoms with van der Waals surface area (Å²) in [5.41, 5.74) is 0.965. The van der Waals surface area contributed by atoms with Crippen LogP contribution in [-0.4, -0.2) is 49.2 Å². The smallest absolute Gasteiger partial charge is 0.344 e. The van der Waals surface area contributed by atoms with Gasteiger partial charge in [-0.1, -0.05) is 18.2 Å². The van der Waals surface area contributed by atoms with Gasteiger partial charge in [-0.25, -0.2) is 4.79 Å². The molecule has 0 unspecified atom stereocenters. The Labute approximate surface area is 155 Å². The summed E-state index contributed by atoms with van der Waals surface area (Å²) >= 11 is 0. The van der Waals surface area contributed by atoms with Crippen molar-refractivity contribution in [3.63, 3.8) is 0 Å². The SMILES string of the molecule is C/C=C/c1ccc(OCC(=O)OCC(=O)N(C(C)C)C(C)C)c(OC)c1. The lowest BCUT2D eigenvalue weighted by Gasteiger charge is -2.30. The van der Waals surface area contributed by atoms with Crippen molar-refractivity contribution < 1.29 is 23.8 Å². The number of benzene rings is 1. The highest BCUT2D eigenvalue weighted by Gasteiger charge is 2.21. The Hall–Kier alpha value is -2.50. The van der Waals surface area contributed by atoms with Gasteiger partial charge in [0.25, 0.3) is 5.91 Å². The van der Waals surface area contributed by atoms with E-state index in [1.807, 2.05) is 58.9 Å². The Balaban J connectivity index is 2.58. The van der Waals surface area contributed by atoms with Gasteiger partial charge < -0.3 is 19.1 Å². The van der Waals surface area contributed by atoms with E-state index in [0.29, 0.717) is 11.5 Å². The normalized spacial score (nSPS) is 11.1. The summed E-state index contributed by atoms with van der Waals surface area (Å²) in [4.78, 5) is 25.7. The monoisotopic (exact) mass is 363 g/mol. The zero-order chi connectivity index (χ0) is 19.7. The van der Waals surface area contributed by atoms with Gasteiger partial charge in [-0.2, -0.15) is 0 Å². The second-order valence-electron chi connectivity index (χ2n) is 6.35. The molecule has 1 aromatic carbocycles. The Bertz CT molecular complexity index is 629. The molecule has 0 saturated heterocycles. The van der Waals surface area contributed by atoms with Gasteiger partial charge in [0.05, 0.1) is 7.11 Å². The topological polar surface area (TPSA) is 65.1 Å². The summed E-state index contributed by atoms with van der Waals surface area (Å²) in [5.74, 6) is 0.132. The number of nitrogens with zero attached hydrogens (tertiary/aromatic N) is 1. The van der Waals surface area contributed by atoms with Gasteiger partial charge in [0, 0.05) is 12.1 Å². The van der Waals surface area contributed by atoms with E-state index in [2.05, 4.69) is 0 Å². The van der Waals surface area contributed by atoms with Crippen LogP contribution in [0, 0.1) is 0 Å². The molecule has 1 rings (SSSR count). The molecule has 144 valence electrons. The second kappa shape index (κ2) is 10.5. The van der Waals surface area contributed by atoms with Crippen LogP contribution in [0.3, 0.4) is 0 Å². The third-order valence-corrected chi connectivity index (χ3v) is 3.65. The molecular weight excluding hydrogens is 334 g/mol. The van der Waals surface area contributed by atoms with Gasteiger partial charge in [0.2, 0.25) is 0 Å². The summed E-state index contributed by atoms with van der Waals surface area (Å²) in [6, 6.07) is 5.48. The van der Waals surface area contributed by atoms with Crippen LogP contribution < -0.4 is 9.47 Å². The van der Waals surface area contributed by atoms with Crippen molar-refractivity contribution in [3.05, 3.63) is 29.8 Å². The predicted octanol–water partition coefficient (Wildman–Crippen LogP) is 3.30. The van der Waals surface area contributed by atoms with E-state index in [1.54, 1.807) is 11.0 Å². The molecule has 0 radical (unpaired) electrons. The van der Waals surface area contributed by atoms with Gasteiger partial charge in [0.15, 0.2) is 24.7 Å². The number of carbonyl (C=O) groups is 2. The summed E-state index contributed by atoms with van der Waals surface area (Å²) in [5, 5.41) is 0. The Morgan fingerprint density at radius 1 is 1.08 bits per heavy atom. The fraction of sp³-hybridized carbons (Fsp3) is 0.500. The molecular formula is C20H29NO5. The van der Waals surface area contributed by atoms with Crippen LogP contribution >= 0.6 is 0 Å². The van der Waals surface area contributed by atoms with Crippen LogP contribution in [0.25, 0.3) is 6.08 Å². The number of carbonyl (C=O) groups excluding carboxylic acids is 2. The molecule has 0 aliphatic rings. The van der Waals surface area contributed by atoms with Crippen molar-refractivity contribution in [1.82, 2.24) is 4.90 Å². The maximum atomic E-state index is 12.2. The van der Waals surface area contributed by atoms with Gasteiger partial charge in [-0.15, -0.1) is 0 Å². The number of rotatable bonds is 9. The summed E-state index contributed by atoms with van der Waals surface area (Å²) < 4.78 is 15.8. The first-order chi connectivity index (χ1) is 12.3. The lowest BCUT2D eigenvalue weighted by molar-refractivity contribution is -0.155. The van der Waals surface area contributed by atoms with Gasteiger partial charge in [0.1, 0.15) is 0 Å². The van der Waals surface area contributed by atoms with Crippen LogP contribution in [0.4, 0.5) is 0 Å². The molecule has 1 amide bonds. The van der Waals surface area contributed by atoms with Crippen LogP contribution in [0.2, 0.25) is 0 Å². The summed E-state index contributed by atoms with van der Waals surface area (Å²) in [6.07, 6.45) is 3.85. The predicted molar refractivity (Wildman–Crippen MR) is 101 cm³/mol. The van der Waals surface area contributed by atoms with Crippen molar-refractivity contribution >= 4 is 18.0 Å². The average molecular weight is 363 g/mol. The third-order valence-electron chi connectivity index (χ3n) is 3.65. The molecule has 0 fully saturated rings. The number of ether oxygens (including phenoxy) is 3. The number of hydrogen-bond donors (Lipinski definition) is 0. The molecule has 0 aliphatic carbocycles. The van der Waals surface area contributed by atoms with E-state index in [4.69, 9.17) is 14.2 Å². The maximum absolute atomic E-state index is 12.2. The molecule has 0 aliphatic heterocycles. The number of amides is 1. The zero-order valence-corrected chi connectivity index (χ0v) is 16.4. The largest absolute Gasteiger partial charge is 0.493 e. The van der Waals surface area contributed by atoms with Crippen molar-refractivity contribution in [3.8, 4) is 11.5 Å². The fourth-order valence-corrected chi connectivity index (χ4v) is 2.67. The zero-order valence-electron chi connectivity index (χ0n) is 16.4. The molecule has 0 aromatic heterocycles. The minimum Gasteiger partial charge on any atom is -0.493 e. The van der Waals surface area contributed by atoms with Crippen molar-refractivity contribution in [2.24, 2.45) is 0 Å². The molecule has 0 saturated carbocycles. The molecule has 0 heterocycles. The standard InChI is InChI=1S/C20H29NO5/c1-7-8-16-9-10-17(18(11-16)24-6)25-13-20(23)26-12-19(22)21(14(2)3)15(4)5/h7-11,14-15H,12-13H2,1-6H3/b8-7+. The highest BCUT2D eigenvalue weighted by Crippen LogP contribution is 2.28. The van der Waals surface area contributed by atoms with E-state index < -0.39 is 5.97 Å². The average Bonchev–Trinajstić information content (AvgIpc) is 2.58. The molecule has 0 bridgehead atoms. The molecule has 6 heteroatoms. The van der Waals surface area contributed by atoms with E-state index in [1.165, 1.54) is 7.11 Å². The second-order valence-corrected chi connectivity index (χ2v) is 6.35. The van der Waals surface area contributed by atoms with E-state index >= 15 is 0 Å². The molecule has 0 N–H and O–H groups in total. The number of esters is 1. The molecule has 1 aromatic rings. The number of allylic oxidation sites excluding steroid dienone is 1. The highest BCUT2D eigenvalue weighted by atomic mass is 16.6. The summed E-state index contributed by atoms with van der Waals surface area (Å²) in [6.45, 7) is 9.03. The first-order valence-corrected chi connectivity index (χ1v) is 8.70. The molecule has 0 atom stereocenters. The molecule has 0 spiro atoms. The first-order valence-electron chi connectivity index (χ1n) is 8.70. The molecule has 6 nitrogen and oxygen atoms in total. The minimum atomic E-state index is -0.606. The van der Waals surface area contributed by atoms with Gasteiger partial charge in [-0.3, -0.25) is 4.79 Å². The van der Waals surface area contributed by atoms with Gasteiger partial charge >= 0.3 is 5.97 Å². The van der Waals surface area contributed by atoms with Crippen LogP contribution in [0.15, 0.2) is 24.3 Å². The Morgan fingerprint density at radius 2 is 1.73 bits per heavy atom. The van der Waals surface area contributed by atoms with Crippen molar-refractivity contribution in [1.29, 1.82) is 0 Å². The van der Waals surface area contributed by atoms with Crippen molar-refractivity contribution in [2.75, 3.05) is 20.3 Å². The lowest BCUT2D eigenvalue weighted by atomic mass is 10.2. The van der Waals surface area contributed by atoms with Crippen LogP contribution in [-0.2, 0) is 14.3 Å². The minimum absolute atomic E-state index is 0.0393. The van der Waals surface area contributed by atoms with Crippen LogP contribution in [0.5, 0.6) is 11.5 Å². The Kier molecular flexibility index (Phi) is 8.68. The summed E-state index contributed by atoms with van der Waals surface area (Å²) in [7, 11) is 1.53. The van der Waals surface area contributed by atoms with E-state index in [0.717, 1.165) is 5.56 Å². The van der Waals surface area contributed by atoms with E-state index in [9.17, 15) is 9.59 Å². The third kappa shape index (κ3) is 6.43. The van der Waals surface area contributed by atoms with Crippen molar-refractivity contribution in [2.45, 2.75) is 46.7 Å². The van der Waals surface area contributed by atoms with Crippen LogP contribution in [0.1, 0.15) is 40.2 Å². The Morgan fingerprint density at radius 3 is 2.27 bits per heavy atom. The van der Waals surface area contributed by atoms with Gasteiger partial charge in [-0.05, 0) is 52.3 Å². The fourth-order valence-electron chi connectivity index (χ4n) is 2.67. The lowest BCUT2D eigenvalue weighted by Crippen LogP contribution is -2.44.